The highest BCUT2D eigenvalue weighted by atomic mass is 35.5. The van der Waals surface area contributed by atoms with Crippen LogP contribution in [-0.2, 0) is 0 Å². The maximum Gasteiger partial charge on any atom is 0.241 e. The summed E-state index contributed by atoms with van der Waals surface area (Å²) in [5.74, 6) is 0. The zero-order chi connectivity index (χ0) is 16.2. The second-order valence-electron chi connectivity index (χ2n) is 5.14. The van der Waals surface area contributed by atoms with Crippen LogP contribution in [0.4, 0.5) is 14.0 Å². The quantitative estimate of drug-likeness (QED) is 0.761. The van der Waals surface area contributed by atoms with E-state index in [9.17, 15) is 8.28 Å². The second kappa shape index (κ2) is 8.02. The first-order valence-electron chi connectivity index (χ1n) is 7.05. The fraction of sp³-hybridized carbons (Fsp3) is 0.571. The lowest BCUT2D eigenvalue weighted by atomic mass is 10.2. The summed E-state index contributed by atoms with van der Waals surface area (Å²) in [5, 5.41) is 7.69. The molecular weight excluding hydrogens is 353 g/mol. The minimum Gasteiger partial charge on any atom is -0.396 e. The normalized spacial score (nSPS) is 19.2. The van der Waals surface area contributed by atoms with E-state index in [4.69, 9.17) is 28.3 Å². The van der Waals surface area contributed by atoms with E-state index in [2.05, 4.69) is 0 Å². The summed E-state index contributed by atoms with van der Waals surface area (Å²) in [5.41, 5.74) is 0.807. The number of nitrogens with zero attached hydrogens (tertiary/aromatic N) is 2. The molecule has 1 aliphatic rings. The van der Waals surface area contributed by atoms with Gasteiger partial charge >= 0.3 is 0 Å². The van der Waals surface area contributed by atoms with Crippen LogP contribution in [0.3, 0.4) is 0 Å². The van der Waals surface area contributed by atoms with Gasteiger partial charge in [0, 0.05) is 39.2 Å². The summed E-state index contributed by atoms with van der Waals surface area (Å²) in [6.45, 7) is 1.67. The van der Waals surface area contributed by atoms with Gasteiger partial charge in [0.2, 0.25) is 5.12 Å². The molecule has 0 bridgehead atoms. The van der Waals surface area contributed by atoms with Gasteiger partial charge in [-0.3, -0.25) is 4.90 Å². The van der Waals surface area contributed by atoms with Crippen molar-refractivity contribution in [1.29, 1.82) is 0 Å². The molecule has 1 saturated heterocycles. The Hall–Kier alpha value is -0.270. The van der Waals surface area contributed by atoms with E-state index in [0.717, 1.165) is 5.69 Å². The molecule has 22 heavy (non-hydrogen) atoms. The van der Waals surface area contributed by atoms with Crippen molar-refractivity contribution < 1.29 is 13.4 Å². The third-order valence-corrected chi connectivity index (χ3v) is 5.29. The smallest absolute Gasteiger partial charge is 0.241 e. The lowest BCUT2D eigenvalue weighted by molar-refractivity contribution is 0.0291. The molecule has 124 valence electrons. The number of hydrogen-bond donors (Lipinski definition) is 1. The molecule has 1 aliphatic heterocycles. The first-order chi connectivity index (χ1) is 10.5. The van der Waals surface area contributed by atoms with Gasteiger partial charge < -0.3 is 10.0 Å². The number of aliphatic hydroxyl groups excluding tert-OH is 1. The number of benzene rings is 1. The summed E-state index contributed by atoms with van der Waals surface area (Å²) in [4.78, 5) is 3.49. The Morgan fingerprint density at radius 3 is 2.50 bits per heavy atom. The van der Waals surface area contributed by atoms with E-state index in [0.29, 0.717) is 36.2 Å². The monoisotopic (exact) mass is 370 g/mol. The first kappa shape index (κ1) is 18.1. The highest BCUT2D eigenvalue weighted by molar-refractivity contribution is 7.95. The van der Waals surface area contributed by atoms with Gasteiger partial charge in [-0.2, -0.15) is 3.89 Å². The third-order valence-electron chi connectivity index (χ3n) is 3.79. The Bertz CT molecular complexity index is 504. The van der Waals surface area contributed by atoms with Crippen LogP contribution in [0.15, 0.2) is 18.2 Å². The molecule has 1 N–H and O–H groups in total. The van der Waals surface area contributed by atoms with Crippen molar-refractivity contribution in [2.75, 3.05) is 37.7 Å². The Balaban J connectivity index is 2.02. The fourth-order valence-electron chi connectivity index (χ4n) is 2.56. The second-order valence-corrected chi connectivity index (χ2v) is 6.71. The number of rotatable bonds is 6. The number of anilines is 1. The van der Waals surface area contributed by atoms with E-state index in [1.54, 1.807) is 6.07 Å². The molecule has 0 aliphatic carbocycles. The van der Waals surface area contributed by atoms with Gasteiger partial charge in [-0.1, -0.05) is 29.3 Å². The highest BCUT2D eigenvalue weighted by Crippen LogP contribution is 2.38. The van der Waals surface area contributed by atoms with Crippen molar-refractivity contribution in [3.63, 3.8) is 0 Å². The molecule has 3 nitrogen and oxygen atoms in total. The first-order valence-corrected chi connectivity index (χ1v) is 8.52. The largest absolute Gasteiger partial charge is 0.396 e. The molecule has 2 rings (SSSR count). The topological polar surface area (TPSA) is 26.7 Å². The molecule has 1 aromatic carbocycles. The van der Waals surface area contributed by atoms with Crippen molar-refractivity contribution >= 4 is 41.0 Å². The van der Waals surface area contributed by atoms with Gasteiger partial charge in [-0.15, -0.1) is 0 Å². The van der Waals surface area contributed by atoms with Crippen molar-refractivity contribution in [1.82, 2.24) is 4.90 Å². The number of aliphatic hydroxyl groups is 1. The Morgan fingerprint density at radius 2 is 1.91 bits per heavy atom. The van der Waals surface area contributed by atoms with Crippen LogP contribution >= 0.6 is 35.3 Å². The zero-order valence-corrected chi connectivity index (χ0v) is 14.3. The zero-order valence-electron chi connectivity index (χ0n) is 11.9. The summed E-state index contributed by atoms with van der Waals surface area (Å²) in [6.07, 6.45) is 0.191. The molecule has 0 aromatic heterocycles. The van der Waals surface area contributed by atoms with Crippen LogP contribution in [0.25, 0.3) is 0 Å². The highest BCUT2D eigenvalue weighted by Gasteiger charge is 2.40. The van der Waals surface area contributed by atoms with E-state index in [-0.39, 0.29) is 31.6 Å². The van der Waals surface area contributed by atoms with Crippen LogP contribution in [0.2, 0.25) is 10.0 Å². The molecule has 1 heterocycles. The van der Waals surface area contributed by atoms with Crippen LogP contribution in [-0.4, -0.2) is 47.9 Å². The number of piperazine rings is 1. The van der Waals surface area contributed by atoms with Crippen molar-refractivity contribution in [3.8, 4) is 0 Å². The SMILES string of the molecule is OCCCC(F)(SF)N1CCN(c2cccc(Cl)c2Cl)CC1. The van der Waals surface area contributed by atoms with Crippen LogP contribution in [0.5, 0.6) is 0 Å². The number of hydrogen-bond acceptors (Lipinski definition) is 4. The molecule has 0 saturated carbocycles. The molecular formula is C14H18Cl2F2N2OS. The van der Waals surface area contributed by atoms with Gasteiger partial charge in [-0.05, 0) is 18.6 Å². The average molecular weight is 371 g/mol. The average Bonchev–Trinajstić information content (AvgIpc) is 2.55. The van der Waals surface area contributed by atoms with Gasteiger partial charge in [-0.25, -0.2) is 4.39 Å². The van der Waals surface area contributed by atoms with Gasteiger partial charge in [0.1, 0.15) is 12.1 Å². The maximum atomic E-state index is 14.6. The predicted octanol–water partition coefficient (Wildman–Crippen LogP) is 4.13. The van der Waals surface area contributed by atoms with Crippen LogP contribution in [0.1, 0.15) is 12.8 Å². The van der Waals surface area contributed by atoms with E-state index >= 15 is 0 Å². The van der Waals surface area contributed by atoms with E-state index < -0.39 is 5.12 Å². The molecule has 1 fully saturated rings. The van der Waals surface area contributed by atoms with E-state index in [1.165, 1.54) is 4.90 Å². The van der Waals surface area contributed by atoms with E-state index in [1.807, 2.05) is 17.0 Å². The Kier molecular flexibility index (Phi) is 6.58. The van der Waals surface area contributed by atoms with Crippen molar-refractivity contribution in [2.24, 2.45) is 0 Å². The molecule has 0 amide bonds. The molecule has 0 radical (unpaired) electrons. The van der Waals surface area contributed by atoms with Gasteiger partial charge in [0.25, 0.3) is 0 Å². The summed E-state index contributed by atoms with van der Waals surface area (Å²) >= 11 is 11.9. The summed E-state index contributed by atoms with van der Waals surface area (Å²) in [6, 6.07) is 5.39. The fourth-order valence-corrected chi connectivity index (χ4v) is 3.48. The van der Waals surface area contributed by atoms with Crippen molar-refractivity contribution in [2.45, 2.75) is 18.0 Å². The van der Waals surface area contributed by atoms with Crippen molar-refractivity contribution in [3.05, 3.63) is 28.2 Å². The van der Waals surface area contributed by atoms with Gasteiger partial charge in [0.15, 0.2) is 0 Å². The predicted molar refractivity (Wildman–Crippen MR) is 89.1 cm³/mol. The minimum absolute atomic E-state index is 0.0391. The summed E-state index contributed by atoms with van der Waals surface area (Å²) in [7, 11) is 0. The minimum atomic E-state index is -2.08. The molecule has 8 heteroatoms. The molecule has 1 unspecified atom stereocenters. The number of halogens is 4. The van der Waals surface area contributed by atoms with Crippen LogP contribution in [0, 0.1) is 0 Å². The maximum absolute atomic E-state index is 14.6. The lowest BCUT2D eigenvalue weighted by Crippen LogP contribution is -2.53. The molecule has 1 aromatic rings. The Labute approximate surface area is 143 Å². The van der Waals surface area contributed by atoms with Gasteiger partial charge in [0.05, 0.1) is 15.7 Å². The Morgan fingerprint density at radius 1 is 1.23 bits per heavy atom. The molecule has 0 spiro atoms. The standard InChI is InChI=1S/C14H18Cl2F2N2OS/c15-11-3-1-4-12(13(11)16)19-6-8-20(9-7-19)14(17,22-18)5-2-10-21/h1,3-4,21H,2,5-10H2. The summed E-state index contributed by atoms with van der Waals surface area (Å²) < 4.78 is 27.7. The molecule has 1 atom stereocenters. The number of alkyl halides is 1. The third kappa shape index (κ3) is 3.97. The lowest BCUT2D eigenvalue weighted by Gasteiger charge is -2.41. The van der Waals surface area contributed by atoms with Crippen LogP contribution < -0.4 is 4.90 Å².